The summed E-state index contributed by atoms with van der Waals surface area (Å²) in [6.45, 7) is 6.78. The van der Waals surface area contributed by atoms with E-state index in [0.717, 1.165) is 20.5 Å². The Morgan fingerprint density at radius 3 is 0.800 bits per heavy atom. The van der Waals surface area contributed by atoms with Gasteiger partial charge in [-0.05, 0) is 0 Å². The average molecular weight is 285 g/mol. The molecule has 0 spiro atoms. The Kier molecular flexibility index (Phi) is 228. The van der Waals surface area contributed by atoms with Gasteiger partial charge < -0.3 is 13.1 Å². The minimum Gasteiger partial charge on any atom is -0.351 e. The third-order valence-electron chi connectivity index (χ3n) is 0. The summed E-state index contributed by atoms with van der Waals surface area (Å²) in [4.78, 5) is 0. The van der Waals surface area contributed by atoms with Crippen molar-refractivity contribution in [3.05, 3.63) is 13.1 Å². The normalized spacial score (nSPS) is 3.60. The van der Waals surface area contributed by atoms with Crippen LogP contribution in [0.25, 0.3) is 0 Å². The smallest absolute Gasteiger partial charge is 0.351 e. The van der Waals surface area contributed by atoms with Gasteiger partial charge in [-0.1, -0.05) is 0 Å². The Bertz CT molecular complexity index is 7.61. The molecule has 5 heavy (non-hydrogen) atoms. The molecular formula is C2H10PtSi2. The molecule has 0 atom stereocenters. The third kappa shape index (κ3) is 39.7. The molecule has 0 unspecified atom stereocenters. The van der Waals surface area contributed by atoms with Crippen molar-refractivity contribution in [1.29, 1.82) is 0 Å². The second-order valence-corrected chi connectivity index (χ2v) is 0. The molecular weight excluding hydrogens is 275 g/mol. The van der Waals surface area contributed by atoms with Crippen molar-refractivity contribution >= 4 is 20.5 Å². The maximum absolute atomic E-state index is 3.39. The van der Waals surface area contributed by atoms with Gasteiger partial charge in [-0.3, -0.25) is 0 Å². The molecule has 0 heterocycles. The van der Waals surface area contributed by atoms with E-state index < -0.39 is 0 Å². The Morgan fingerprint density at radius 1 is 0.800 bits per heavy atom. The maximum atomic E-state index is 3.39. The summed E-state index contributed by atoms with van der Waals surface area (Å²) in [5.74, 6) is 0. The molecule has 0 fully saturated rings. The molecule has 0 saturated carbocycles. The van der Waals surface area contributed by atoms with Crippen LogP contribution in [0.4, 0.5) is 0 Å². The molecule has 0 radical (unpaired) electrons. The molecule has 36 valence electrons. The monoisotopic (exact) mass is 285 g/mol. The summed E-state index contributed by atoms with van der Waals surface area (Å²) in [6, 6.07) is 0. The van der Waals surface area contributed by atoms with E-state index in [1.54, 1.807) is 0 Å². The van der Waals surface area contributed by atoms with Crippen molar-refractivity contribution in [1.82, 2.24) is 0 Å². The molecule has 0 aliphatic rings. The van der Waals surface area contributed by atoms with E-state index in [9.17, 15) is 0 Å². The summed E-state index contributed by atoms with van der Waals surface area (Å²) in [6.07, 6.45) is 0. The van der Waals surface area contributed by atoms with Crippen molar-refractivity contribution in [3.63, 3.8) is 0 Å². The Labute approximate surface area is 54.8 Å². The molecule has 0 N–H and O–H groups in total. The van der Waals surface area contributed by atoms with Gasteiger partial charge in [0.2, 0.25) is 0 Å². The molecule has 0 bridgehead atoms. The summed E-state index contributed by atoms with van der Waals surface area (Å²) in [5, 5.41) is 0. The van der Waals surface area contributed by atoms with E-state index in [2.05, 4.69) is 13.1 Å². The van der Waals surface area contributed by atoms with E-state index in [0.29, 0.717) is 0 Å². The summed E-state index contributed by atoms with van der Waals surface area (Å²) in [7, 11) is 2.11. The van der Waals surface area contributed by atoms with Crippen LogP contribution in [0.5, 0.6) is 0 Å². The zero-order chi connectivity index (χ0) is 4.00. The second-order valence-electron chi connectivity index (χ2n) is 0. The topological polar surface area (TPSA) is 0 Å². The van der Waals surface area contributed by atoms with Crippen LogP contribution in [-0.4, -0.2) is 20.5 Å². The third-order valence-corrected chi connectivity index (χ3v) is 0. The van der Waals surface area contributed by atoms with Gasteiger partial charge in [0, 0.05) is 0 Å². The fraction of sp³-hybridized carbons (Fsp3) is 0. The first-order valence-electron chi connectivity index (χ1n) is 1.41. The van der Waals surface area contributed by atoms with Crippen LogP contribution >= 0.6 is 0 Å². The molecule has 0 aromatic heterocycles. The molecule has 0 rings (SSSR count). The van der Waals surface area contributed by atoms with E-state index in [4.69, 9.17) is 0 Å². The van der Waals surface area contributed by atoms with Crippen LogP contribution < -0.4 is 0 Å². The van der Waals surface area contributed by atoms with Gasteiger partial charge in [0.1, 0.15) is 0 Å². The van der Waals surface area contributed by atoms with Crippen molar-refractivity contribution in [2.24, 2.45) is 0 Å². The van der Waals surface area contributed by atoms with Crippen LogP contribution in [0.2, 0.25) is 0 Å². The van der Waals surface area contributed by atoms with Crippen molar-refractivity contribution < 1.29 is 21.1 Å². The number of rotatable bonds is 0. The predicted molar refractivity (Wildman–Crippen MR) is 30.6 cm³/mol. The zero-order valence-electron chi connectivity index (χ0n) is 3.73. The standard InChI is InChI=1S/2CH5Si.Pt/c2*1-2;/h2*1H2,2H3;/q2*-1;+2. The van der Waals surface area contributed by atoms with Crippen molar-refractivity contribution in [2.45, 2.75) is 0 Å². The zero-order valence-corrected chi connectivity index (χ0v) is 10.0. The van der Waals surface area contributed by atoms with Crippen molar-refractivity contribution in [2.75, 3.05) is 0 Å². The largest absolute Gasteiger partial charge is 2.00 e. The van der Waals surface area contributed by atoms with Gasteiger partial charge in [0.25, 0.3) is 0 Å². The Hall–Kier alpha value is 1.12. The van der Waals surface area contributed by atoms with Gasteiger partial charge in [-0.15, -0.1) is 20.5 Å². The maximum Gasteiger partial charge on any atom is 2.00 e. The van der Waals surface area contributed by atoms with E-state index in [1.165, 1.54) is 0 Å². The molecule has 0 aromatic carbocycles. The van der Waals surface area contributed by atoms with Gasteiger partial charge in [-0.2, -0.15) is 0 Å². The summed E-state index contributed by atoms with van der Waals surface area (Å²) >= 11 is 0. The van der Waals surface area contributed by atoms with E-state index >= 15 is 0 Å². The first kappa shape index (κ1) is 16.5. The first-order valence-corrected chi connectivity index (χ1v) is 4.24. The van der Waals surface area contributed by atoms with Gasteiger partial charge in [0.15, 0.2) is 0 Å². The summed E-state index contributed by atoms with van der Waals surface area (Å²) in [5.41, 5.74) is 0. The molecule has 0 aliphatic carbocycles. The van der Waals surface area contributed by atoms with Crippen molar-refractivity contribution in [3.8, 4) is 0 Å². The van der Waals surface area contributed by atoms with Gasteiger partial charge in [-0.25, -0.2) is 0 Å². The van der Waals surface area contributed by atoms with Crippen LogP contribution in [-0.2, 0) is 21.1 Å². The fourth-order valence-electron chi connectivity index (χ4n) is 0. The van der Waals surface area contributed by atoms with E-state index in [-0.39, 0.29) is 21.1 Å². The number of hydrogen-bond donors (Lipinski definition) is 0. The van der Waals surface area contributed by atoms with E-state index in [1.807, 2.05) is 0 Å². The molecule has 0 aliphatic heterocycles. The van der Waals surface area contributed by atoms with Gasteiger partial charge in [0.05, 0.1) is 0 Å². The van der Waals surface area contributed by atoms with Crippen LogP contribution in [0.3, 0.4) is 0 Å². The SMILES string of the molecule is [CH2-][SiH3].[CH2-][SiH3].[Pt+2]. The van der Waals surface area contributed by atoms with Crippen LogP contribution in [0.15, 0.2) is 0 Å². The molecule has 0 saturated heterocycles. The van der Waals surface area contributed by atoms with Crippen LogP contribution in [0.1, 0.15) is 0 Å². The molecule has 0 aromatic rings. The second kappa shape index (κ2) is 69.1. The summed E-state index contributed by atoms with van der Waals surface area (Å²) < 4.78 is 0. The first-order chi connectivity index (χ1) is 2.00. The minimum absolute atomic E-state index is 0. The average Bonchev–Trinajstić information content (AvgIpc) is 1.50. The quantitative estimate of drug-likeness (QED) is 0.367. The molecule has 0 amide bonds. The Balaban J connectivity index is -0.0000000133. The minimum atomic E-state index is 0. The Morgan fingerprint density at radius 2 is 0.800 bits per heavy atom. The fourth-order valence-corrected chi connectivity index (χ4v) is 0. The van der Waals surface area contributed by atoms with Gasteiger partial charge >= 0.3 is 21.1 Å². The molecule has 0 nitrogen and oxygen atoms in total. The molecule has 3 heteroatoms. The van der Waals surface area contributed by atoms with Crippen LogP contribution in [0, 0.1) is 13.1 Å². The predicted octanol–water partition coefficient (Wildman–Crippen LogP) is -1.72. The number of hydrogen-bond acceptors (Lipinski definition) is 0.